The van der Waals surface area contributed by atoms with Gasteiger partial charge in [-0.05, 0) is 35.7 Å². The van der Waals surface area contributed by atoms with Crippen molar-refractivity contribution in [2.75, 3.05) is 24.9 Å². The lowest BCUT2D eigenvalue weighted by Crippen LogP contribution is -2.40. The topological polar surface area (TPSA) is 57.7 Å². The third kappa shape index (κ3) is 3.45. The third-order valence-electron chi connectivity index (χ3n) is 2.93. The number of amides is 1. The molecule has 1 aromatic heterocycles. The Labute approximate surface area is 132 Å². The van der Waals surface area contributed by atoms with E-state index in [1.165, 1.54) is 23.1 Å². The molecule has 0 atom stereocenters. The molecule has 2 rings (SSSR count). The summed E-state index contributed by atoms with van der Waals surface area (Å²) in [7, 11) is -0.781. The highest BCUT2D eigenvalue weighted by Crippen LogP contribution is 2.26. The van der Waals surface area contributed by atoms with E-state index in [1.807, 2.05) is 0 Å². The Hall–Kier alpha value is -1.93. The number of hydrogen-bond acceptors (Lipinski definition) is 4. The zero-order valence-electron chi connectivity index (χ0n) is 12.1. The second-order valence-electron chi connectivity index (χ2n) is 4.71. The zero-order chi connectivity index (χ0) is 16.3. The van der Waals surface area contributed by atoms with Gasteiger partial charge in [0.25, 0.3) is 10.0 Å². The minimum Gasteiger partial charge on any atom is -0.347 e. The number of halogens is 1. The van der Waals surface area contributed by atoms with Gasteiger partial charge in [0.2, 0.25) is 5.91 Å². The summed E-state index contributed by atoms with van der Waals surface area (Å²) in [5.41, 5.74) is 0.241. The van der Waals surface area contributed by atoms with Crippen molar-refractivity contribution in [3.8, 4) is 0 Å². The first-order chi connectivity index (χ1) is 10.3. The minimum absolute atomic E-state index is 0.128. The summed E-state index contributed by atoms with van der Waals surface area (Å²) in [6, 6.07) is 8.08. The summed E-state index contributed by atoms with van der Waals surface area (Å²) in [5.74, 6) is -0.847. The Bertz CT molecular complexity index is 741. The Morgan fingerprint density at radius 2 is 1.82 bits per heavy atom. The van der Waals surface area contributed by atoms with Crippen LogP contribution in [0.3, 0.4) is 0 Å². The van der Waals surface area contributed by atoms with Crippen molar-refractivity contribution in [1.29, 1.82) is 0 Å². The predicted molar refractivity (Wildman–Crippen MR) is 83.9 cm³/mol. The number of thiophene rings is 1. The first kappa shape index (κ1) is 16.4. The highest BCUT2D eigenvalue weighted by molar-refractivity contribution is 7.94. The molecule has 2 aromatic rings. The van der Waals surface area contributed by atoms with E-state index >= 15 is 0 Å². The molecule has 1 heterocycles. The Morgan fingerprint density at radius 3 is 2.32 bits per heavy atom. The van der Waals surface area contributed by atoms with E-state index in [2.05, 4.69) is 0 Å². The molecule has 0 unspecified atom stereocenters. The van der Waals surface area contributed by atoms with Crippen LogP contribution in [-0.2, 0) is 14.8 Å². The van der Waals surface area contributed by atoms with Gasteiger partial charge in [-0.2, -0.15) is 0 Å². The number of carbonyl (C=O) groups is 1. The van der Waals surface area contributed by atoms with Crippen molar-refractivity contribution in [3.63, 3.8) is 0 Å². The van der Waals surface area contributed by atoms with Crippen LogP contribution >= 0.6 is 11.3 Å². The van der Waals surface area contributed by atoms with Gasteiger partial charge in [-0.1, -0.05) is 6.07 Å². The van der Waals surface area contributed by atoms with Crippen molar-refractivity contribution < 1.29 is 17.6 Å². The van der Waals surface area contributed by atoms with Crippen LogP contribution in [0.15, 0.2) is 46.0 Å². The van der Waals surface area contributed by atoms with Gasteiger partial charge in [-0.25, -0.2) is 12.8 Å². The fraction of sp³-hybridized carbons (Fsp3) is 0.214. The number of benzene rings is 1. The van der Waals surface area contributed by atoms with E-state index in [0.29, 0.717) is 0 Å². The fourth-order valence-electron chi connectivity index (χ4n) is 1.71. The number of sulfonamides is 1. The zero-order valence-corrected chi connectivity index (χ0v) is 13.7. The lowest BCUT2D eigenvalue weighted by atomic mass is 10.3. The molecular formula is C14H15FN2O3S2. The van der Waals surface area contributed by atoms with Crippen LogP contribution in [0, 0.1) is 5.82 Å². The van der Waals surface area contributed by atoms with Gasteiger partial charge in [-0.3, -0.25) is 9.10 Å². The predicted octanol–water partition coefficient (Wildman–Crippen LogP) is 2.17. The molecule has 0 spiro atoms. The highest BCUT2D eigenvalue weighted by Gasteiger charge is 2.28. The molecule has 0 saturated carbocycles. The average Bonchev–Trinajstić information content (AvgIpc) is 3.00. The van der Waals surface area contributed by atoms with Gasteiger partial charge >= 0.3 is 0 Å². The van der Waals surface area contributed by atoms with Gasteiger partial charge in [0.15, 0.2) is 0 Å². The summed E-state index contributed by atoms with van der Waals surface area (Å²) >= 11 is 1.06. The van der Waals surface area contributed by atoms with Crippen LogP contribution in [-0.4, -0.2) is 39.9 Å². The SMILES string of the molecule is CN(C)C(=O)CN(c1ccc(F)cc1)S(=O)(=O)c1cccs1. The van der Waals surface area contributed by atoms with Crippen LogP contribution in [0.25, 0.3) is 0 Å². The molecule has 0 aliphatic heterocycles. The van der Waals surface area contributed by atoms with Crippen molar-refractivity contribution in [3.05, 3.63) is 47.6 Å². The lowest BCUT2D eigenvalue weighted by molar-refractivity contribution is -0.127. The number of hydrogen-bond donors (Lipinski definition) is 0. The van der Waals surface area contributed by atoms with Gasteiger partial charge in [0.1, 0.15) is 16.6 Å². The van der Waals surface area contributed by atoms with Crippen molar-refractivity contribution in [2.24, 2.45) is 0 Å². The van der Waals surface area contributed by atoms with Gasteiger partial charge in [0, 0.05) is 14.1 Å². The molecular weight excluding hydrogens is 327 g/mol. The lowest BCUT2D eigenvalue weighted by Gasteiger charge is -2.24. The van der Waals surface area contributed by atoms with Crippen molar-refractivity contribution >= 4 is 33.0 Å². The molecule has 118 valence electrons. The van der Waals surface area contributed by atoms with Crippen molar-refractivity contribution in [1.82, 2.24) is 4.90 Å². The number of rotatable bonds is 5. The standard InChI is InChI=1S/C14H15FN2O3S2/c1-16(2)13(18)10-17(12-7-5-11(15)6-8-12)22(19,20)14-4-3-9-21-14/h3-9H,10H2,1-2H3. The smallest absolute Gasteiger partial charge is 0.274 e. The Balaban J connectivity index is 2.46. The molecule has 0 fully saturated rings. The van der Waals surface area contributed by atoms with Gasteiger partial charge < -0.3 is 4.90 Å². The quantitative estimate of drug-likeness (QED) is 0.837. The maximum Gasteiger partial charge on any atom is 0.274 e. The van der Waals surface area contributed by atoms with Crippen LogP contribution in [0.2, 0.25) is 0 Å². The summed E-state index contributed by atoms with van der Waals surface area (Å²) in [6.07, 6.45) is 0. The van der Waals surface area contributed by atoms with Gasteiger partial charge in [-0.15, -0.1) is 11.3 Å². The van der Waals surface area contributed by atoms with Crippen LogP contribution in [0.5, 0.6) is 0 Å². The monoisotopic (exact) mass is 342 g/mol. The fourth-order valence-corrected chi connectivity index (χ4v) is 4.22. The largest absolute Gasteiger partial charge is 0.347 e. The molecule has 8 heteroatoms. The summed E-state index contributed by atoms with van der Waals surface area (Å²) in [6.45, 7) is -0.348. The molecule has 0 radical (unpaired) electrons. The summed E-state index contributed by atoms with van der Waals surface area (Å²) in [5, 5.41) is 1.64. The molecule has 0 bridgehead atoms. The molecule has 5 nitrogen and oxygen atoms in total. The summed E-state index contributed by atoms with van der Waals surface area (Å²) in [4.78, 5) is 13.3. The molecule has 1 aromatic carbocycles. The first-order valence-electron chi connectivity index (χ1n) is 6.34. The van der Waals surface area contributed by atoms with E-state index in [0.717, 1.165) is 27.8 Å². The normalized spacial score (nSPS) is 11.2. The Kier molecular flexibility index (Phi) is 4.82. The molecule has 22 heavy (non-hydrogen) atoms. The van der Waals surface area contributed by atoms with E-state index < -0.39 is 15.8 Å². The molecule has 0 N–H and O–H groups in total. The summed E-state index contributed by atoms with van der Waals surface area (Å²) < 4.78 is 39.6. The number of nitrogens with zero attached hydrogens (tertiary/aromatic N) is 2. The van der Waals surface area contributed by atoms with Crippen LogP contribution in [0.1, 0.15) is 0 Å². The third-order valence-corrected chi connectivity index (χ3v) is 6.08. The van der Waals surface area contributed by atoms with Gasteiger partial charge in [0.05, 0.1) is 5.69 Å². The van der Waals surface area contributed by atoms with Crippen LogP contribution in [0.4, 0.5) is 10.1 Å². The highest BCUT2D eigenvalue weighted by atomic mass is 32.2. The van der Waals surface area contributed by atoms with Crippen molar-refractivity contribution in [2.45, 2.75) is 4.21 Å². The maximum absolute atomic E-state index is 13.1. The van der Waals surface area contributed by atoms with Crippen LogP contribution < -0.4 is 4.31 Å². The second kappa shape index (κ2) is 6.45. The molecule has 0 aliphatic carbocycles. The molecule has 1 amide bonds. The maximum atomic E-state index is 13.1. The number of likely N-dealkylation sites (N-methyl/N-ethyl adjacent to an activating group) is 1. The minimum atomic E-state index is -3.87. The molecule has 0 aliphatic rings. The van der Waals surface area contributed by atoms with E-state index in [1.54, 1.807) is 25.5 Å². The van der Waals surface area contributed by atoms with E-state index in [4.69, 9.17) is 0 Å². The van der Waals surface area contributed by atoms with E-state index in [-0.39, 0.29) is 22.3 Å². The Morgan fingerprint density at radius 1 is 1.18 bits per heavy atom. The second-order valence-corrected chi connectivity index (χ2v) is 7.75. The van der Waals surface area contributed by atoms with E-state index in [9.17, 15) is 17.6 Å². The number of anilines is 1. The average molecular weight is 342 g/mol. The molecule has 0 saturated heterocycles. The first-order valence-corrected chi connectivity index (χ1v) is 8.66. The number of carbonyl (C=O) groups excluding carboxylic acids is 1.